The lowest BCUT2D eigenvalue weighted by molar-refractivity contribution is -0.0792. The minimum absolute atomic E-state index is 0.193. The van der Waals surface area contributed by atoms with Crippen molar-refractivity contribution >= 4 is 23.9 Å². The monoisotopic (exact) mass is 531 g/mol. The Morgan fingerprint density at radius 1 is 1.03 bits per heavy atom. The molecule has 0 heterocycles. The van der Waals surface area contributed by atoms with Crippen molar-refractivity contribution in [2.45, 2.75) is 43.8 Å². The summed E-state index contributed by atoms with van der Waals surface area (Å²) in [5, 5.41) is 10.8. The van der Waals surface area contributed by atoms with Crippen LogP contribution in [0.3, 0.4) is 0 Å². The van der Waals surface area contributed by atoms with Crippen LogP contribution in [0.15, 0.2) is 41.6 Å². The van der Waals surface area contributed by atoms with Gasteiger partial charge in [0.2, 0.25) is 0 Å². The molecule has 0 aromatic heterocycles. The zero-order valence-corrected chi connectivity index (χ0v) is 22.0. The van der Waals surface area contributed by atoms with Gasteiger partial charge in [0.25, 0.3) is 11.8 Å². The molecule has 2 aromatic rings. The fourth-order valence-corrected chi connectivity index (χ4v) is 4.81. The molecular weight excluding hydrogens is 499 g/mol. The molecule has 3 N–H and O–H groups in total. The lowest BCUT2D eigenvalue weighted by atomic mass is 9.69. The van der Waals surface area contributed by atoms with Gasteiger partial charge in [0, 0.05) is 45.4 Å². The molecule has 0 saturated carbocycles. The topological polar surface area (TPSA) is 112 Å². The Bertz CT molecular complexity index is 1200. The van der Waals surface area contributed by atoms with Crippen molar-refractivity contribution in [3.63, 3.8) is 0 Å². The quantitative estimate of drug-likeness (QED) is 0.336. The SMILES string of the molecule is C[C@H](N)CC1(/C=N/OC(=N)C(F)(F)F)c2ccc(C(=O)N(C)C)cc2CCc2cc(C(=O)N(C)C)ccc21. The molecule has 0 radical (unpaired) electrons. The number of nitrogens with two attached hydrogens (primary N) is 1. The van der Waals surface area contributed by atoms with Crippen LogP contribution in [-0.4, -0.2) is 74.1 Å². The van der Waals surface area contributed by atoms with Crippen LogP contribution in [0, 0.1) is 5.41 Å². The first kappa shape index (κ1) is 28.8. The Morgan fingerprint density at radius 2 is 1.47 bits per heavy atom. The summed E-state index contributed by atoms with van der Waals surface area (Å²) in [6.07, 6.45) is -2.50. The Hall–Kier alpha value is -3.73. The van der Waals surface area contributed by atoms with E-state index in [9.17, 15) is 22.8 Å². The number of benzene rings is 2. The van der Waals surface area contributed by atoms with E-state index in [0.717, 1.165) is 11.1 Å². The van der Waals surface area contributed by atoms with E-state index in [4.69, 9.17) is 11.1 Å². The summed E-state index contributed by atoms with van der Waals surface area (Å²) in [5.74, 6) is -2.33. The maximum absolute atomic E-state index is 12.9. The standard InChI is InChI=1S/C27H32F3N5O3/c1-16(31)14-26(15-33-38-25(32)27(28,29)30)21-10-8-19(23(36)34(2)3)12-17(21)6-7-18-13-20(9-11-22(18)26)24(37)35(4)5/h8-13,15-16,32H,6-7,14,31H2,1-5H3/b32-25?,33-15+/t16-/m0/s1. The molecule has 0 saturated heterocycles. The molecule has 1 atom stereocenters. The minimum Gasteiger partial charge on any atom is -0.345 e. The Labute approximate surface area is 219 Å². The predicted molar refractivity (Wildman–Crippen MR) is 139 cm³/mol. The third-order valence-electron chi connectivity index (χ3n) is 6.46. The molecule has 2 aromatic carbocycles. The fourth-order valence-electron chi connectivity index (χ4n) is 4.81. The second-order valence-electron chi connectivity index (χ2n) is 9.95. The molecule has 1 aliphatic rings. The number of carbonyl (C=O) groups is 2. The van der Waals surface area contributed by atoms with Crippen LogP contribution in [0.5, 0.6) is 0 Å². The Kier molecular flexibility index (Phi) is 8.30. The molecule has 38 heavy (non-hydrogen) atoms. The van der Waals surface area contributed by atoms with Crippen molar-refractivity contribution in [2.24, 2.45) is 10.9 Å². The van der Waals surface area contributed by atoms with Crippen LogP contribution in [0.25, 0.3) is 0 Å². The molecule has 2 amide bonds. The van der Waals surface area contributed by atoms with E-state index >= 15 is 0 Å². The molecule has 11 heteroatoms. The lowest BCUT2D eigenvalue weighted by Crippen LogP contribution is -2.38. The van der Waals surface area contributed by atoms with Gasteiger partial charge in [-0.1, -0.05) is 17.3 Å². The first-order valence-electron chi connectivity index (χ1n) is 12.0. The highest BCUT2D eigenvalue weighted by atomic mass is 19.4. The second kappa shape index (κ2) is 10.9. The number of alkyl halides is 3. The highest BCUT2D eigenvalue weighted by molar-refractivity contribution is 5.96. The maximum atomic E-state index is 12.9. The highest BCUT2D eigenvalue weighted by Crippen LogP contribution is 2.42. The van der Waals surface area contributed by atoms with Gasteiger partial charge in [-0.25, -0.2) is 0 Å². The average molecular weight is 532 g/mol. The Morgan fingerprint density at radius 3 is 1.84 bits per heavy atom. The van der Waals surface area contributed by atoms with Gasteiger partial charge in [0.1, 0.15) is 0 Å². The minimum atomic E-state index is -4.99. The van der Waals surface area contributed by atoms with Crippen molar-refractivity contribution in [1.82, 2.24) is 9.80 Å². The van der Waals surface area contributed by atoms with Gasteiger partial charge in [-0.2, -0.15) is 13.2 Å². The van der Waals surface area contributed by atoms with E-state index in [-0.39, 0.29) is 18.2 Å². The molecule has 1 aliphatic carbocycles. The van der Waals surface area contributed by atoms with Gasteiger partial charge < -0.3 is 20.4 Å². The number of nitrogens with zero attached hydrogens (tertiary/aromatic N) is 3. The molecular formula is C27H32F3N5O3. The summed E-state index contributed by atoms with van der Waals surface area (Å²) < 4.78 is 38.8. The lowest BCUT2D eigenvalue weighted by Gasteiger charge is -2.34. The van der Waals surface area contributed by atoms with Crippen molar-refractivity contribution in [2.75, 3.05) is 28.2 Å². The van der Waals surface area contributed by atoms with Crippen LogP contribution < -0.4 is 5.73 Å². The molecule has 0 unspecified atom stereocenters. The molecule has 204 valence electrons. The first-order chi connectivity index (χ1) is 17.7. The van der Waals surface area contributed by atoms with E-state index in [0.29, 0.717) is 35.1 Å². The van der Waals surface area contributed by atoms with E-state index in [1.165, 1.54) is 16.0 Å². The maximum Gasteiger partial charge on any atom is 0.470 e. The summed E-state index contributed by atoms with van der Waals surface area (Å²) in [6.45, 7) is 1.77. The first-order valence-corrected chi connectivity index (χ1v) is 12.0. The van der Waals surface area contributed by atoms with Gasteiger partial charge in [-0.15, -0.1) is 0 Å². The summed E-state index contributed by atoms with van der Waals surface area (Å²) in [5.41, 5.74) is 9.05. The molecule has 0 aliphatic heterocycles. The smallest absolute Gasteiger partial charge is 0.345 e. The van der Waals surface area contributed by atoms with Gasteiger partial charge in [-0.3, -0.25) is 15.0 Å². The number of rotatable bonds is 6. The number of oxime groups is 1. The molecule has 0 fully saturated rings. The van der Waals surface area contributed by atoms with Crippen LogP contribution in [0.1, 0.15) is 56.3 Å². The van der Waals surface area contributed by atoms with Gasteiger partial charge in [0.05, 0.1) is 11.6 Å². The fraction of sp³-hybridized carbons (Fsp3) is 0.407. The number of fused-ring (bicyclic) bond motifs is 2. The van der Waals surface area contributed by atoms with Crippen molar-refractivity contribution in [3.8, 4) is 0 Å². The number of nitrogens with one attached hydrogen (secondary N) is 1. The van der Waals surface area contributed by atoms with Gasteiger partial charge >= 0.3 is 12.1 Å². The zero-order valence-electron chi connectivity index (χ0n) is 22.0. The van der Waals surface area contributed by atoms with E-state index in [1.807, 2.05) is 0 Å². The third kappa shape index (κ3) is 5.88. The van der Waals surface area contributed by atoms with Crippen LogP contribution >= 0.6 is 0 Å². The van der Waals surface area contributed by atoms with E-state index in [2.05, 4.69) is 9.99 Å². The predicted octanol–water partition coefficient (Wildman–Crippen LogP) is 3.75. The van der Waals surface area contributed by atoms with Crippen LogP contribution in [-0.2, 0) is 23.1 Å². The molecule has 8 nitrogen and oxygen atoms in total. The summed E-state index contributed by atoms with van der Waals surface area (Å²) >= 11 is 0. The van der Waals surface area contributed by atoms with Gasteiger partial charge in [-0.05, 0) is 72.7 Å². The molecule has 0 spiro atoms. The molecule has 3 rings (SSSR count). The Balaban J connectivity index is 2.28. The van der Waals surface area contributed by atoms with Crippen LogP contribution in [0.4, 0.5) is 13.2 Å². The van der Waals surface area contributed by atoms with Crippen molar-refractivity contribution < 1.29 is 27.6 Å². The number of amides is 2. The number of hydrogen-bond acceptors (Lipinski definition) is 6. The normalized spacial score (nSPS) is 15.2. The largest absolute Gasteiger partial charge is 0.470 e. The summed E-state index contributed by atoms with van der Waals surface area (Å²) in [6, 6.07) is 9.99. The summed E-state index contributed by atoms with van der Waals surface area (Å²) in [4.78, 5) is 32.7. The van der Waals surface area contributed by atoms with Crippen molar-refractivity contribution in [3.05, 3.63) is 69.8 Å². The van der Waals surface area contributed by atoms with E-state index in [1.54, 1.807) is 71.5 Å². The van der Waals surface area contributed by atoms with Crippen molar-refractivity contribution in [1.29, 1.82) is 5.41 Å². The summed E-state index contributed by atoms with van der Waals surface area (Å²) in [7, 11) is 6.58. The number of hydrogen-bond donors (Lipinski definition) is 2. The molecule has 0 bridgehead atoms. The van der Waals surface area contributed by atoms with Gasteiger partial charge in [0.15, 0.2) is 0 Å². The third-order valence-corrected chi connectivity index (χ3v) is 6.46. The average Bonchev–Trinajstić information content (AvgIpc) is 2.96. The zero-order chi connectivity index (χ0) is 28.4. The van der Waals surface area contributed by atoms with E-state index < -0.39 is 23.5 Å². The highest BCUT2D eigenvalue weighted by Gasteiger charge is 2.41. The van der Waals surface area contributed by atoms with Crippen LogP contribution in [0.2, 0.25) is 0 Å². The number of halogens is 3. The second-order valence-corrected chi connectivity index (χ2v) is 9.95. The number of aryl methyl sites for hydroxylation is 2. The number of carbonyl (C=O) groups excluding carboxylic acids is 2.